The van der Waals surface area contributed by atoms with Crippen molar-refractivity contribution in [1.82, 2.24) is 39.2 Å². The maximum atomic E-state index is 13.3. The van der Waals surface area contributed by atoms with E-state index in [1.54, 1.807) is 12.1 Å². The topological polar surface area (TPSA) is 82.7 Å². The van der Waals surface area contributed by atoms with Gasteiger partial charge in [-0.15, -0.1) is 0 Å². The van der Waals surface area contributed by atoms with Crippen LogP contribution in [-0.4, -0.2) is 129 Å². The van der Waals surface area contributed by atoms with Crippen LogP contribution in [0.2, 0.25) is 10.0 Å². The first-order valence-electron chi connectivity index (χ1n) is 19.5. The molecule has 4 aliphatic rings. The standard InChI is InChI=1S/C43H42Cl2N8O2/c44-32-10-1-6-28-36(32)42(54)30-8-3-12-34-38(30)40(28)46-52(34)26-24-50-20-16-48(17-21-50)14-5-15-49-18-22-51(23-19-49)25-27-53-35-13-4-9-31-39(35)41(47-53)29-7-2-11-33(45)37(29)43(31)55/h1-4,6-13H,5,14-27H2. The molecule has 0 atom stereocenters. The Morgan fingerprint density at radius 3 is 1.24 bits per heavy atom. The van der Waals surface area contributed by atoms with Crippen molar-refractivity contribution < 1.29 is 9.59 Å². The number of hydrogen-bond acceptors (Lipinski definition) is 8. The molecule has 0 bridgehead atoms. The van der Waals surface area contributed by atoms with Crippen LogP contribution in [0.3, 0.4) is 0 Å². The Balaban J connectivity index is 0.678. The van der Waals surface area contributed by atoms with Crippen LogP contribution in [0.15, 0.2) is 72.8 Å². The van der Waals surface area contributed by atoms with E-state index in [1.165, 1.54) is 6.42 Å². The lowest BCUT2D eigenvalue weighted by molar-refractivity contribution is 0.103. The van der Waals surface area contributed by atoms with Crippen molar-refractivity contribution in [2.45, 2.75) is 19.5 Å². The van der Waals surface area contributed by atoms with E-state index in [0.717, 1.165) is 136 Å². The predicted octanol–water partition coefficient (Wildman–Crippen LogP) is 6.44. The minimum atomic E-state index is -0.0190. The summed E-state index contributed by atoms with van der Waals surface area (Å²) < 4.78 is 4.15. The third-order valence-electron chi connectivity index (χ3n) is 12.2. The maximum absolute atomic E-state index is 13.3. The Hall–Kier alpha value is -4.42. The number of halogens is 2. The monoisotopic (exact) mass is 772 g/mol. The smallest absolute Gasteiger partial charge is 0.195 e. The van der Waals surface area contributed by atoms with Crippen molar-refractivity contribution >= 4 is 56.6 Å². The SMILES string of the molecule is O=C1c2c(Cl)cccc2-c2nn(CCN3CCN(CCCN4CCN(CCn5nc6c7c(cccc75)C(=O)c5c(Cl)cccc5-6)CC4)CC3)c3cccc1c23. The number of carbonyl (C=O) groups is 2. The third-order valence-corrected chi connectivity index (χ3v) is 12.8. The number of hydrogen-bond donors (Lipinski definition) is 0. The highest BCUT2D eigenvalue weighted by Crippen LogP contribution is 2.42. The molecule has 280 valence electrons. The molecular weight excluding hydrogens is 731 g/mol. The van der Waals surface area contributed by atoms with Gasteiger partial charge in [-0.3, -0.25) is 28.8 Å². The van der Waals surface area contributed by atoms with Crippen LogP contribution in [0, 0.1) is 0 Å². The molecule has 4 aromatic carbocycles. The van der Waals surface area contributed by atoms with E-state index in [-0.39, 0.29) is 11.6 Å². The van der Waals surface area contributed by atoms with Crippen LogP contribution < -0.4 is 0 Å². The first-order chi connectivity index (χ1) is 26.9. The molecule has 12 heteroatoms. The van der Waals surface area contributed by atoms with E-state index in [1.807, 2.05) is 48.5 Å². The number of benzene rings is 4. The summed E-state index contributed by atoms with van der Waals surface area (Å²) in [5, 5.41) is 12.9. The molecule has 0 spiro atoms. The summed E-state index contributed by atoms with van der Waals surface area (Å²) in [4.78, 5) is 37.0. The lowest BCUT2D eigenvalue weighted by Gasteiger charge is -2.36. The molecule has 6 aromatic rings. The van der Waals surface area contributed by atoms with Crippen molar-refractivity contribution in [1.29, 1.82) is 0 Å². The summed E-state index contributed by atoms with van der Waals surface area (Å²) in [6.07, 6.45) is 1.18. The summed E-state index contributed by atoms with van der Waals surface area (Å²) in [5.74, 6) is -0.0379. The van der Waals surface area contributed by atoms with Crippen LogP contribution >= 0.6 is 23.2 Å². The second kappa shape index (κ2) is 14.3. The molecule has 2 aliphatic carbocycles. The van der Waals surface area contributed by atoms with E-state index < -0.39 is 0 Å². The highest BCUT2D eigenvalue weighted by molar-refractivity contribution is 6.39. The van der Waals surface area contributed by atoms with Gasteiger partial charge in [0, 0.05) is 98.5 Å². The van der Waals surface area contributed by atoms with Crippen LogP contribution in [0.1, 0.15) is 38.3 Å². The average Bonchev–Trinajstić information content (AvgIpc) is 3.78. The summed E-state index contributed by atoms with van der Waals surface area (Å²) in [7, 11) is 0. The Labute approximate surface area is 329 Å². The van der Waals surface area contributed by atoms with Gasteiger partial charge in [0.05, 0.1) is 45.3 Å². The van der Waals surface area contributed by atoms with Crippen molar-refractivity contribution in [3.8, 4) is 22.5 Å². The second-order valence-electron chi connectivity index (χ2n) is 15.2. The zero-order valence-corrected chi connectivity index (χ0v) is 32.2. The Morgan fingerprint density at radius 2 is 0.818 bits per heavy atom. The van der Waals surface area contributed by atoms with E-state index in [2.05, 4.69) is 41.1 Å². The lowest BCUT2D eigenvalue weighted by atomic mass is 9.87. The van der Waals surface area contributed by atoms with E-state index in [0.29, 0.717) is 32.3 Å². The van der Waals surface area contributed by atoms with Gasteiger partial charge in [0.15, 0.2) is 11.6 Å². The number of nitrogens with zero attached hydrogens (tertiary/aromatic N) is 8. The molecule has 10 nitrogen and oxygen atoms in total. The number of ketones is 2. The Morgan fingerprint density at radius 1 is 0.455 bits per heavy atom. The molecule has 2 aliphatic heterocycles. The van der Waals surface area contributed by atoms with E-state index in [4.69, 9.17) is 33.4 Å². The van der Waals surface area contributed by atoms with E-state index >= 15 is 0 Å². The molecule has 2 fully saturated rings. The zero-order valence-electron chi connectivity index (χ0n) is 30.7. The first-order valence-corrected chi connectivity index (χ1v) is 20.2. The Kier molecular flexibility index (Phi) is 9.08. The molecule has 4 heterocycles. The molecule has 2 aromatic heterocycles. The Bertz CT molecular complexity index is 2320. The average molecular weight is 774 g/mol. The van der Waals surface area contributed by atoms with Crippen molar-refractivity contribution in [3.05, 3.63) is 105 Å². The number of piperazine rings is 2. The van der Waals surface area contributed by atoms with Crippen LogP contribution in [0.5, 0.6) is 0 Å². The molecule has 0 saturated carbocycles. The molecule has 0 unspecified atom stereocenters. The molecule has 0 radical (unpaired) electrons. The quantitative estimate of drug-likeness (QED) is 0.157. The summed E-state index contributed by atoms with van der Waals surface area (Å²) in [5.41, 5.74) is 7.90. The van der Waals surface area contributed by atoms with E-state index in [9.17, 15) is 9.59 Å². The highest BCUT2D eigenvalue weighted by atomic mass is 35.5. The van der Waals surface area contributed by atoms with Gasteiger partial charge in [-0.25, -0.2) is 0 Å². The maximum Gasteiger partial charge on any atom is 0.195 e. The fourth-order valence-electron chi connectivity index (χ4n) is 9.19. The molecule has 55 heavy (non-hydrogen) atoms. The summed E-state index contributed by atoms with van der Waals surface area (Å²) in [6.45, 7) is 14.2. The molecule has 0 N–H and O–H groups in total. The molecular formula is C43H42Cl2N8O2. The minimum Gasteiger partial charge on any atom is -0.301 e. The van der Waals surface area contributed by atoms with Gasteiger partial charge < -0.3 is 9.80 Å². The third kappa shape index (κ3) is 6.11. The number of carbonyl (C=O) groups excluding carboxylic acids is 2. The van der Waals surface area contributed by atoms with Crippen molar-refractivity contribution in [3.63, 3.8) is 0 Å². The van der Waals surface area contributed by atoms with Crippen LogP contribution in [0.25, 0.3) is 44.3 Å². The van der Waals surface area contributed by atoms with Gasteiger partial charge in [-0.2, -0.15) is 10.2 Å². The van der Waals surface area contributed by atoms with Gasteiger partial charge >= 0.3 is 0 Å². The summed E-state index contributed by atoms with van der Waals surface area (Å²) >= 11 is 13.0. The highest BCUT2D eigenvalue weighted by Gasteiger charge is 2.32. The van der Waals surface area contributed by atoms with Gasteiger partial charge in [0.1, 0.15) is 11.4 Å². The largest absolute Gasteiger partial charge is 0.301 e. The normalized spacial score (nSPS) is 17.7. The van der Waals surface area contributed by atoms with Gasteiger partial charge in [-0.1, -0.05) is 71.7 Å². The number of aromatic nitrogens is 4. The second-order valence-corrected chi connectivity index (χ2v) is 16.1. The van der Waals surface area contributed by atoms with Crippen LogP contribution in [-0.2, 0) is 13.1 Å². The van der Waals surface area contributed by atoms with Crippen molar-refractivity contribution in [2.75, 3.05) is 78.5 Å². The fraction of sp³-hybridized carbons (Fsp3) is 0.349. The first kappa shape index (κ1) is 35.0. The minimum absolute atomic E-state index is 0.0190. The molecule has 2 saturated heterocycles. The number of rotatable bonds is 10. The van der Waals surface area contributed by atoms with Gasteiger partial charge in [0.25, 0.3) is 0 Å². The molecule has 10 rings (SSSR count). The summed E-state index contributed by atoms with van der Waals surface area (Å²) in [6, 6.07) is 23.1. The zero-order chi connectivity index (χ0) is 37.2. The van der Waals surface area contributed by atoms with Crippen molar-refractivity contribution in [2.24, 2.45) is 0 Å². The van der Waals surface area contributed by atoms with Crippen LogP contribution in [0.4, 0.5) is 0 Å². The lowest BCUT2D eigenvalue weighted by Crippen LogP contribution is -2.49. The van der Waals surface area contributed by atoms with Gasteiger partial charge in [-0.05, 0) is 43.8 Å². The number of fused-ring (bicyclic) bond motifs is 4. The fourth-order valence-corrected chi connectivity index (χ4v) is 9.71. The molecule has 0 amide bonds. The van der Waals surface area contributed by atoms with Gasteiger partial charge in [0.2, 0.25) is 0 Å². The predicted molar refractivity (Wildman–Crippen MR) is 218 cm³/mol.